The standard InChI is InChI=1S/C19H13Cl2F4N3OS/c20-13-7-10(19(23,24)25)9-26-17(13)27-3-5-28(6-4-27)18(29)16-15(21)12-2-1-11(22)8-14(12)30-16/h1-2,7-9H,3-6H2. The summed E-state index contributed by atoms with van der Waals surface area (Å²) in [6.07, 6.45) is -3.78. The van der Waals surface area contributed by atoms with Crippen molar-refractivity contribution in [2.75, 3.05) is 31.1 Å². The summed E-state index contributed by atoms with van der Waals surface area (Å²) in [6.45, 7) is 1.33. The summed E-state index contributed by atoms with van der Waals surface area (Å²) >= 11 is 13.5. The number of aromatic nitrogens is 1. The Labute approximate surface area is 182 Å². The molecule has 0 spiro atoms. The molecule has 3 aromatic rings. The van der Waals surface area contributed by atoms with Gasteiger partial charge in [0.25, 0.3) is 5.91 Å². The second kappa shape index (κ2) is 7.86. The number of thiophene rings is 1. The van der Waals surface area contributed by atoms with Gasteiger partial charge in [-0.2, -0.15) is 13.2 Å². The third-order valence-corrected chi connectivity index (χ3v) is 6.72. The van der Waals surface area contributed by atoms with E-state index in [1.54, 1.807) is 9.80 Å². The number of halogens is 6. The molecule has 1 fully saturated rings. The average molecular weight is 478 g/mol. The summed E-state index contributed by atoms with van der Waals surface area (Å²) in [6, 6.07) is 5.00. The minimum atomic E-state index is -4.52. The Kier molecular flexibility index (Phi) is 5.54. The Balaban J connectivity index is 1.49. The second-order valence-electron chi connectivity index (χ2n) is 6.69. The van der Waals surface area contributed by atoms with Crippen LogP contribution in [-0.2, 0) is 6.18 Å². The number of carbonyl (C=O) groups excluding carboxylic acids is 1. The molecule has 4 rings (SSSR count). The van der Waals surface area contributed by atoms with Crippen LogP contribution in [0.25, 0.3) is 10.1 Å². The van der Waals surface area contributed by atoms with Gasteiger partial charge in [0.05, 0.1) is 15.6 Å². The Morgan fingerprint density at radius 1 is 1.10 bits per heavy atom. The van der Waals surface area contributed by atoms with Crippen LogP contribution < -0.4 is 4.90 Å². The number of hydrogen-bond acceptors (Lipinski definition) is 4. The Hall–Kier alpha value is -2.10. The van der Waals surface area contributed by atoms with E-state index in [1.807, 2.05) is 0 Å². The van der Waals surface area contributed by atoms with E-state index in [1.165, 1.54) is 18.2 Å². The van der Waals surface area contributed by atoms with Crippen molar-refractivity contribution in [2.45, 2.75) is 6.18 Å². The van der Waals surface area contributed by atoms with Gasteiger partial charge in [-0.05, 0) is 24.3 Å². The maximum Gasteiger partial charge on any atom is 0.417 e. The SMILES string of the molecule is O=C(c1sc2cc(F)ccc2c1Cl)N1CCN(c2ncc(C(F)(F)F)cc2Cl)CC1. The van der Waals surface area contributed by atoms with Crippen LogP contribution in [0.1, 0.15) is 15.2 Å². The molecule has 0 aliphatic carbocycles. The first-order valence-electron chi connectivity index (χ1n) is 8.79. The molecule has 3 heterocycles. The van der Waals surface area contributed by atoms with Crippen molar-refractivity contribution in [3.05, 3.63) is 56.8 Å². The van der Waals surface area contributed by atoms with Crippen LogP contribution >= 0.6 is 34.5 Å². The molecule has 11 heteroatoms. The summed E-state index contributed by atoms with van der Waals surface area (Å²) in [5.41, 5.74) is -0.916. The minimum absolute atomic E-state index is 0.0980. The molecule has 1 aromatic carbocycles. The van der Waals surface area contributed by atoms with Crippen LogP contribution in [0.5, 0.6) is 0 Å². The lowest BCUT2D eigenvalue weighted by molar-refractivity contribution is -0.137. The lowest BCUT2D eigenvalue weighted by Crippen LogP contribution is -2.49. The van der Waals surface area contributed by atoms with E-state index >= 15 is 0 Å². The predicted octanol–water partition coefficient (Wildman–Crippen LogP) is 5.72. The van der Waals surface area contributed by atoms with E-state index in [-0.39, 0.29) is 21.8 Å². The molecule has 4 nitrogen and oxygen atoms in total. The topological polar surface area (TPSA) is 36.4 Å². The Bertz CT molecular complexity index is 1130. The van der Waals surface area contributed by atoms with Crippen LogP contribution in [-0.4, -0.2) is 42.0 Å². The molecule has 0 saturated carbocycles. The first kappa shape index (κ1) is 21.1. The molecule has 0 bridgehead atoms. The number of nitrogens with zero attached hydrogens (tertiary/aromatic N) is 3. The van der Waals surface area contributed by atoms with Crippen molar-refractivity contribution in [3.63, 3.8) is 0 Å². The highest BCUT2D eigenvalue weighted by atomic mass is 35.5. The first-order valence-corrected chi connectivity index (χ1v) is 10.4. The number of piperazine rings is 1. The van der Waals surface area contributed by atoms with Gasteiger partial charge in [0.2, 0.25) is 0 Å². The van der Waals surface area contributed by atoms with Crippen LogP contribution in [0, 0.1) is 5.82 Å². The van der Waals surface area contributed by atoms with Crippen molar-refractivity contribution in [1.29, 1.82) is 0 Å². The van der Waals surface area contributed by atoms with Crippen LogP contribution in [0.4, 0.5) is 23.4 Å². The summed E-state index contributed by atoms with van der Waals surface area (Å²) in [7, 11) is 0. The zero-order chi connectivity index (χ0) is 21.6. The number of pyridine rings is 1. The van der Waals surface area contributed by atoms with Crippen molar-refractivity contribution < 1.29 is 22.4 Å². The number of benzene rings is 1. The number of carbonyl (C=O) groups is 1. The normalized spacial score (nSPS) is 15.1. The Morgan fingerprint density at radius 2 is 1.80 bits per heavy atom. The number of hydrogen-bond donors (Lipinski definition) is 0. The van der Waals surface area contributed by atoms with Gasteiger partial charge in [-0.1, -0.05) is 23.2 Å². The third-order valence-electron chi connectivity index (χ3n) is 4.80. The fraction of sp³-hybridized carbons (Fsp3) is 0.263. The minimum Gasteiger partial charge on any atom is -0.352 e. The molecular formula is C19H13Cl2F4N3OS. The molecule has 2 aromatic heterocycles. The number of alkyl halides is 3. The van der Waals surface area contributed by atoms with Gasteiger partial charge in [0, 0.05) is 42.5 Å². The highest BCUT2D eigenvalue weighted by Crippen LogP contribution is 2.37. The Morgan fingerprint density at radius 3 is 2.43 bits per heavy atom. The monoisotopic (exact) mass is 477 g/mol. The highest BCUT2D eigenvalue weighted by molar-refractivity contribution is 7.21. The van der Waals surface area contributed by atoms with Crippen molar-refractivity contribution in [2.24, 2.45) is 0 Å². The van der Waals surface area contributed by atoms with Crippen molar-refractivity contribution in [3.8, 4) is 0 Å². The summed E-state index contributed by atoms with van der Waals surface area (Å²) in [4.78, 5) is 20.4. The molecule has 1 aliphatic rings. The lowest BCUT2D eigenvalue weighted by Gasteiger charge is -2.35. The van der Waals surface area contributed by atoms with E-state index in [4.69, 9.17) is 23.2 Å². The quantitative estimate of drug-likeness (QED) is 0.442. The maximum atomic E-state index is 13.4. The summed E-state index contributed by atoms with van der Waals surface area (Å²) in [5.74, 6) is -0.436. The van der Waals surface area contributed by atoms with Crippen LogP contribution in [0.3, 0.4) is 0 Å². The number of fused-ring (bicyclic) bond motifs is 1. The molecule has 1 saturated heterocycles. The lowest BCUT2D eigenvalue weighted by atomic mass is 10.2. The molecular weight excluding hydrogens is 465 g/mol. The zero-order valence-electron chi connectivity index (χ0n) is 15.1. The van der Waals surface area contributed by atoms with Gasteiger partial charge in [-0.15, -0.1) is 11.3 Å². The average Bonchev–Trinajstić information content (AvgIpc) is 3.02. The van der Waals surface area contributed by atoms with Gasteiger partial charge in [-0.3, -0.25) is 4.79 Å². The summed E-state index contributed by atoms with van der Waals surface area (Å²) in [5, 5.41) is 0.805. The van der Waals surface area contributed by atoms with Gasteiger partial charge < -0.3 is 9.80 Å². The molecule has 0 radical (unpaired) electrons. The molecule has 1 aliphatic heterocycles. The van der Waals surface area contributed by atoms with E-state index in [0.717, 1.165) is 23.6 Å². The van der Waals surface area contributed by atoms with Gasteiger partial charge in [0.1, 0.15) is 16.5 Å². The fourth-order valence-electron chi connectivity index (χ4n) is 3.26. The van der Waals surface area contributed by atoms with E-state index < -0.39 is 17.6 Å². The number of anilines is 1. The van der Waals surface area contributed by atoms with Crippen molar-refractivity contribution >= 4 is 56.3 Å². The number of amides is 1. The molecule has 0 N–H and O–H groups in total. The van der Waals surface area contributed by atoms with E-state index in [0.29, 0.717) is 41.1 Å². The van der Waals surface area contributed by atoms with Gasteiger partial charge in [0.15, 0.2) is 0 Å². The first-order chi connectivity index (χ1) is 14.1. The third kappa shape index (κ3) is 3.93. The fourth-order valence-corrected chi connectivity index (χ4v) is 5.05. The van der Waals surface area contributed by atoms with Gasteiger partial charge >= 0.3 is 6.18 Å². The molecule has 30 heavy (non-hydrogen) atoms. The smallest absolute Gasteiger partial charge is 0.352 e. The molecule has 0 unspecified atom stereocenters. The van der Waals surface area contributed by atoms with Crippen LogP contribution in [0.2, 0.25) is 10.0 Å². The summed E-state index contributed by atoms with van der Waals surface area (Å²) < 4.78 is 52.4. The zero-order valence-corrected chi connectivity index (χ0v) is 17.5. The largest absolute Gasteiger partial charge is 0.417 e. The van der Waals surface area contributed by atoms with E-state index in [9.17, 15) is 22.4 Å². The second-order valence-corrected chi connectivity index (χ2v) is 8.53. The molecule has 0 atom stereocenters. The predicted molar refractivity (Wildman–Crippen MR) is 109 cm³/mol. The maximum absolute atomic E-state index is 13.4. The number of rotatable bonds is 2. The van der Waals surface area contributed by atoms with Crippen LogP contribution in [0.15, 0.2) is 30.5 Å². The highest BCUT2D eigenvalue weighted by Gasteiger charge is 2.33. The van der Waals surface area contributed by atoms with Crippen molar-refractivity contribution in [1.82, 2.24) is 9.88 Å². The molecule has 1 amide bonds. The molecule has 158 valence electrons. The van der Waals surface area contributed by atoms with Gasteiger partial charge in [-0.25, -0.2) is 9.37 Å². The van der Waals surface area contributed by atoms with E-state index in [2.05, 4.69) is 4.98 Å².